The first-order chi connectivity index (χ1) is 31.5. The molecule has 0 aliphatic rings. The van der Waals surface area contributed by atoms with Crippen LogP contribution >= 0.6 is 0 Å². The molecule has 6 heteroatoms. The molecule has 64 heavy (non-hydrogen) atoms. The number of unbranched alkanes of at least 4 members (excludes halogenated alkanes) is 34. The van der Waals surface area contributed by atoms with Gasteiger partial charge in [-0.3, -0.25) is 4.79 Å². The third-order valence-electron chi connectivity index (χ3n) is 13.0. The number of aliphatic hydroxyl groups excluding tert-OH is 4. The zero-order chi connectivity index (χ0) is 46.7. The summed E-state index contributed by atoms with van der Waals surface area (Å²) in [5, 5.41) is 43.9. The van der Waals surface area contributed by atoms with Gasteiger partial charge >= 0.3 is 0 Å². The molecule has 376 valence electrons. The average Bonchev–Trinajstić information content (AvgIpc) is 3.30. The first-order valence-electron chi connectivity index (χ1n) is 28.0. The normalized spacial score (nSPS) is 14.2. The van der Waals surface area contributed by atoms with Crippen LogP contribution in [0.1, 0.15) is 284 Å². The molecule has 0 spiro atoms. The fourth-order valence-corrected chi connectivity index (χ4v) is 8.55. The van der Waals surface area contributed by atoms with Crippen molar-refractivity contribution in [2.45, 2.75) is 308 Å². The number of aliphatic hydroxyl groups is 4. The fraction of sp³-hybridized carbons (Fsp3) is 0.845. The fourth-order valence-electron chi connectivity index (χ4n) is 8.55. The summed E-state index contributed by atoms with van der Waals surface area (Å²) in [5.41, 5.74) is 0. The van der Waals surface area contributed by atoms with E-state index in [4.69, 9.17) is 0 Å². The summed E-state index contributed by atoms with van der Waals surface area (Å²) in [6, 6.07) is -1.01. The lowest BCUT2D eigenvalue weighted by atomic mass is 10.00. The number of rotatable bonds is 51. The predicted octanol–water partition coefficient (Wildman–Crippen LogP) is 16.2. The van der Waals surface area contributed by atoms with Crippen LogP contribution in [0.4, 0.5) is 0 Å². The van der Waals surface area contributed by atoms with Crippen molar-refractivity contribution in [2.75, 3.05) is 6.61 Å². The minimum absolute atomic E-state index is 0.358. The molecule has 1 amide bonds. The van der Waals surface area contributed by atoms with Crippen LogP contribution in [0.15, 0.2) is 48.6 Å². The Labute approximate surface area is 398 Å². The van der Waals surface area contributed by atoms with E-state index in [1.54, 1.807) is 0 Å². The molecule has 0 aliphatic carbocycles. The van der Waals surface area contributed by atoms with Crippen LogP contribution < -0.4 is 5.32 Å². The van der Waals surface area contributed by atoms with Crippen LogP contribution in [0.5, 0.6) is 0 Å². The van der Waals surface area contributed by atoms with E-state index < -0.39 is 36.9 Å². The van der Waals surface area contributed by atoms with E-state index in [0.29, 0.717) is 19.3 Å². The average molecular weight is 901 g/mol. The Balaban J connectivity index is 3.69. The Bertz CT molecular complexity index is 1060. The van der Waals surface area contributed by atoms with Crippen LogP contribution in [-0.4, -0.2) is 57.3 Å². The monoisotopic (exact) mass is 900 g/mol. The van der Waals surface area contributed by atoms with Gasteiger partial charge in [-0.1, -0.05) is 242 Å². The molecule has 0 saturated carbocycles. The van der Waals surface area contributed by atoms with Gasteiger partial charge in [0.1, 0.15) is 12.2 Å². The van der Waals surface area contributed by atoms with Gasteiger partial charge in [0, 0.05) is 0 Å². The van der Waals surface area contributed by atoms with Gasteiger partial charge in [-0.15, -0.1) is 0 Å². The second kappa shape index (κ2) is 52.2. The number of amides is 1. The molecule has 4 atom stereocenters. The Morgan fingerprint density at radius 2 is 0.656 bits per heavy atom. The lowest BCUT2D eigenvalue weighted by Gasteiger charge is -2.27. The van der Waals surface area contributed by atoms with E-state index >= 15 is 0 Å². The zero-order valence-corrected chi connectivity index (χ0v) is 42.5. The lowest BCUT2D eigenvalue weighted by molar-refractivity contribution is -0.132. The van der Waals surface area contributed by atoms with Crippen molar-refractivity contribution in [1.29, 1.82) is 0 Å². The SMILES string of the molecule is CCCCCCCCC/C=C/CC/C=C/CC/C=C/CCCC(O)C(O)C(CO)NC(=O)C(O)CCCCCCCCCCCCCC/C=C\CCCCCCCCCCCCCC. The van der Waals surface area contributed by atoms with Crippen molar-refractivity contribution < 1.29 is 25.2 Å². The Morgan fingerprint density at radius 1 is 0.375 bits per heavy atom. The molecule has 0 aromatic rings. The first-order valence-corrected chi connectivity index (χ1v) is 28.0. The van der Waals surface area contributed by atoms with E-state index in [0.717, 1.165) is 51.4 Å². The zero-order valence-electron chi connectivity index (χ0n) is 42.5. The van der Waals surface area contributed by atoms with Crippen LogP contribution in [0, 0.1) is 0 Å². The molecule has 0 radical (unpaired) electrons. The van der Waals surface area contributed by atoms with Crippen molar-refractivity contribution in [1.82, 2.24) is 5.32 Å². The second-order valence-corrected chi connectivity index (χ2v) is 19.3. The van der Waals surface area contributed by atoms with Gasteiger partial charge in [-0.2, -0.15) is 0 Å². The molecule has 0 aliphatic heterocycles. The largest absolute Gasteiger partial charge is 0.394 e. The molecule has 0 aromatic heterocycles. The third-order valence-corrected chi connectivity index (χ3v) is 13.0. The highest BCUT2D eigenvalue weighted by atomic mass is 16.3. The number of hydrogen-bond acceptors (Lipinski definition) is 5. The van der Waals surface area contributed by atoms with Gasteiger partial charge in [0.05, 0.1) is 18.8 Å². The molecular weight excluding hydrogens is 791 g/mol. The van der Waals surface area contributed by atoms with Crippen molar-refractivity contribution >= 4 is 5.91 Å². The van der Waals surface area contributed by atoms with E-state index in [9.17, 15) is 25.2 Å². The number of nitrogens with one attached hydrogen (secondary N) is 1. The molecule has 4 unspecified atom stereocenters. The lowest BCUT2D eigenvalue weighted by Crippen LogP contribution is -2.53. The van der Waals surface area contributed by atoms with E-state index in [-0.39, 0.29) is 0 Å². The summed E-state index contributed by atoms with van der Waals surface area (Å²) < 4.78 is 0. The number of carbonyl (C=O) groups is 1. The first kappa shape index (κ1) is 62.3. The van der Waals surface area contributed by atoms with Crippen LogP contribution in [-0.2, 0) is 4.79 Å². The van der Waals surface area contributed by atoms with E-state index in [1.807, 2.05) is 0 Å². The van der Waals surface area contributed by atoms with E-state index in [1.165, 1.54) is 199 Å². The summed E-state index contributed by atoms with van der Waals surface area (Å²) in [7, 11) is 0. The van der Waals surface area contributed by atoms with Crippen molar-refractivity contribution in [2.24, 2.45) is 0 Å². The van der Waals surface area contributed by atoms with Gasteiger partial charge in [0.15, 0.2) is 0 Å². The van der Waals surface area contributed by atoms with Crippen molar-refractivity contribution in [3.63, 3.8) is 0 Å². The molecule has 0 fully saturated rings. The van der Waals surface area contributed by atoms with E-state index in [2.05, 4.69) is 67.8 Å². The molecular formula is C58H109NO5. The minimum Gasteiger partial charge on any atom is -0.394 e. The molecule has 0 heterocycles. The van der Waals surface area contributed by atoms with Crippen LogP contribution in [0.2, 0.25) is 0 Å². The smallest absolute Gasteiger partial charge is 0.249 e. The second-order valence-electron chi connectivity index (χ2n) is 19.3. The number of carbonyl (C=O) groups excluding carboxylic acids is 1. The van der Waals surface area contributed by atoms with Gasteiger partial charge in [0.2, 0.25) is 5.91 Å². The minimum atomic E-state index is -1.30. The summed E-state index contributed by atoms with van der Waals surface area (Å²) in [5.74, 6) is -0.598. The standard InChI is InChI=1S/C58H109NO5/c1-3-5-7-9-11-13-15-17-19-21-23-25-26-27-28-29-30-31-32-34-36-38-40-42-44-46-48-50-52-56(62)58(64)59-54(53-60)57(63)55(61)51-49-47-45-43-41-39-37-35-33-24-22-20-18-16-14-12-10-8-6-4-2/h20,22,27-28,35,37,43,45,54-57,60-63H,3-19,21,23-26,29-34,36,38-42,44,46-53H2,1-2H3,(H,59,64)/b22-20+,28-27-,37-35+,45-43+. The van der Waals surface area contributed by atoms with Gasteiger partial charge in [-0.25, -0.2) is 0 Å². The highest BCUT2D eigenvalue weighted by molar-refractivity contribution is 5.80. The molecule has 0 aromatic carbocycles. The molecule has 0 bridgehead atoms. The molecule has 0 saturated heterocycles. The van der Waals surface area contributed by atoms with Gasteiger partial charge in [-0.05, 0) is 89.9 Å². The summed E-state index contributed by atoms with van der Waals surface area (Å²) in [4.78, 5) is 12.6. The summed E-state index contributed by atoms with van der Waals surface area (Å²) in [6.45, 7) is 4.05. The number of hydrogen-bond donors (Lipinski definition) is 5. The summed E-state index contributed by atoms with van der Waals surface area (Å²) >= 11 is 0. The van der Waals surface area contributed by atoms with Crippen molar-refractivity contribution in [3.05, 3.63) is 48.6 Å². The Hall–Kier alpha value is -1.73. The maximum Gasteiger partial charge on any atom is 0.249 e. The Kier molecular flexibility index (Phi) is 50.8. The number of allylic oxidation sites excluding steroid dienone is 8. The maximum atomic E-state index is 12.6. The topological polar surface area (TPSA) is 110 Å². The predicted molar refractivity (Wildman–Crippen MR) is 279 cm³/mol. The van der Waals surface area contributed by atoms with Gasteiger partial charge < -0.3 is 25.7 Å². The Morgan fingerprint density at radius 3 is 0.984 bits per heavy atom. The molecule has 5 N–H and O–H groups in total. The van der Waals surface area contributed by atoms with Crippen molar-refractivity contribution in [3.8, 4) is 0 Å². The quantitative estimate of drug-likeness (QED) is 0.0309. The molecule has 6 nitrogen and oxygen atoms in total. The highest BCUT2D eigenvalue weighted by Gasteiger charge is 2.28. The third kappa shape index (κ3) is 45.4. The summed E-state index contributed by atoms with van der Waals surface area (Å²) in [6.07, 6.45) is 66.1. The van der Waals surface area contributed by atoms with Crippen LogP contribution in [0.25, 0.3) is 0 Å². The van der Waals surface area contributed by atoms with Gasteiger partial charge in [0.25, 0.3) is 0 Å². The highest BCUT2D eigenvalue weighted by Crippen LogP contribution is 2.16. The maximum absolute atomic E-state index is 12.6. The molecule has 0 rings (SSSR count). The van der Waals surface area contributed by atoms with Crippen LogP contribution in [0.3, 0.4) is 0 Å².